The Hall–Kier alpha value is -2.39. The minimum atomic E-state index is 0.0113. The summed E-state index contributed by atoms with van der Waals surface area (Å²) in [5, 5.41) is 13.3. The molecule has 0 N–H and O–H groups in total. The van der Waals surface area contributed by atoms with Gasteiger partial charge in [0.1, 0.15) is 12.2 Å². The summed E-state index contributed by atoms with van der Waals surface area (Å²) in [6.07, 6.45) is 7.29. The number of aromatic nitrogens is 3. The summed E-state index contributed by atoms with van der Waals surface area (Å²) in [7, 11) is 0. The molecule has 118 valence electrons. The van der Waals surface area contributed by atoms with Crippen molar-refractivity contribution in [1.82, 2.24) is 19.7 Å². The third kappa shape index (κ3) is 2.92. The predicted octanol–water partition coefficient (Wildman–Crippen LogP) is 1.97. The molecule has 1 atom stereocenters. The summed E-state index contributed by atoms with van der Waals surface area (Å²) >= 11 is 0. The Balaban J connectivity index is 1.53. The average molecular weight is 309 g/mol. The lowest BCUT2D eigenvalue weighted by molar-refractivity contribution is 0.0653. The van der Waals surface area contributed by atoms with Gasteiger partial charge in [0, 0.05) is 37.6 Å². The first-order valence-corrected chi connectivity index (χ1v) is 8.09. The first kappa shape index (κ1) is 14.2. The van der Waals surface area contributed by atoms with Gasteiger partial charge in [0.2, 0.25) is 5.88 Å². The van der Waals surface area contributed by atoms with Gasteiger partial charge in [0.05, 0.1) is 17.8 Å². The van der Waals surface area contributed by atoms with Crippen molar-refractivity contribution in [2.45, 2.75) is 44.5 Å². The van der Waals surface area contributed by atoms with Crippen LogP contribution in [0.25, 0.3) is 0 Å². The molecule has 0 spiro atoms. The number of hydrogen-bond acceptors (Lipinski definition) is 5. The highest BCUT2D eigenvalue weighted by Gasteiger charge is 2.31. The zero-order chi connectivity index (χ0) is 15.6. The highest BCUT2D eigenvalue weighted by atomic mass is 16.5. The summed E-state index contributed by atoms with van der Waals surface area (Å²) in [4.78, 5) is 6.74. The van der Waals surface area contributed by atoms with Crippen LogP contribution in [0.5, 0.6) is 5.88 Å². The van der Waals surface area contributed by atoms with Crippen LogP contribution in [-0.4, -0.2) is 38.4 Å². The van der Waals surface area contributed by atoms with E-state index >= 15 is 0 Å². The van der Waals surface area contributed by atoms with Gasteiger partial charge < -0.3 is 4.74 Å². The van der Waals surface area contributed by atoms with Gasteiger partial charge in [-0.1, -0.05) is 6.42 Å². The number of hydrogen-bond donors (Lipinski definition) is 0. The molecule has 2 aromatic heterocycles. The normalized spacial score (nSPS) is 21.8. The molecule has 0 bridgehead atoms. The fraction of sp³-hybridized carbons (Fsp3) is 0.471. The zero-order valence-electron chi connectivity index (χ0n) is 12.9. The van der Waals surface area contributed by atoms with Crippen LogP contribution in [0, 0.1) is 11.3 Å². The topological polar surface area (TPSA) is 67.0 Å². The fourth-order valence-electron chi connectivity index (χ4n) is 3.24. The van der Waals surface area contributed by atoms with Crippen LogP contribution < -0.4 is 4.74 Å². The van der Waals surface area contributed by atoms with E-state index in [1.54, 1.807) is 18.3 Å². The van der Waals surface area contributed by atoms with Crippen molar-refractivity contribution in [2.75, 3.05) is 6.54 Å². The molecule has 1 aliphatic heterocycles. The number of rotatable bonds is 3. The Bertz CT molecular complexity index is 713. The van der Waals surface area contributed by atoms with Crippen LogP contribution in [0.3, 0.4) is 0 Å². The molecular weight excluding hydrogens is 290 g/mol. The third-order valence-corrected chi connectivity index (χ3v) is 4.73. The fourth-order valence-corrected chi connectivity index (χ4v) is 3.24. The summed E-state index contributed by atoms with van der Waals surface area (Å²) < 4.78 is 8.12. The van der Waals surface area contributed by atoms with Gasteiger partial charge in [-0.15, -0.1) is 0 Å². The largest absolute Gasteiger partial charge is 0.471 e. The van der Waals surface area contributed by atoms with Gasteiger partial charge in [0.15, 0.2) is 0 Å². The van der Waals surface area contributed by atoms with Gasteiger partial charge in [-0.25, -0.2) is 4.98 Å². The van der Waals surface area contributed by atoms with Crippen molar-refractivity contribution in [2.24, 2.45) is 0 Å². The third-order valence-electron chi connectivity index (χ3n) is 4.73. The van der Waals surface area contributed by atoms with Crippen molar-refractivity contribution in [3.8, 4) is 11.9 Å². The number of nitriles is 1. The second-order valence-electron chi connectivity index (χ2n) is 6.26. The highest BCUT2D eigenvalue weighted by Crippen LogP contribution is 2.28. The van der Waals surface area contributed by atoms with Gasteiger partial charge in [-0.3, -0.25) is 9.58 Å². The molecule has 6 nitrogen and oxygen atoms in total. The van der Waals surface area contributed by atoms with Gasteiger partial charge >= 0.3 is 0 Å². The molecule has 0 amide bonds. The smallest absolute Gasteiger partial charge is 0.213 e. The lowest BCUT2D eigenvalue weighted by atomic mass is 9.91. The van der Waals surface area contributed by atoms with Crippen LogP contribution in [0.1, 0.15) is 30.5 Å². The highest BCUT2D eigenvalue weighted by molar-refractivity contribution is 5.28. The van der Waals surface area contributed by atoms with Crippen molar-refractivity contribution >= 4 is 0 Å². The molecule has 0 aromatic carbocycles. The first-order valence-electron chi connectivity index (χ1n) is 8.09. The Labute approximate surface area is 135 Å². The molecule has 1 fully saturated rings. The lowest BCUT2D eigenvalue weighted by Gasteiger charge is -2.37. The minimum absolute atomic E-state index is 0.0113. The molecule has 2 aliphatic rings. The Kier molecular flexibility index (Phi) is 3.72. The molecule has 0 radical (unpaired) electrons. The van der Waals surface area contributed by atoms with Crippen LogP contribution in [-0.2, 0) is 13.1 Å². The molecule has 23 heavy (non-hydrogen) atoms. The summed E-state index contributed by atoms with van der Waals surface area (Å²) in [6, 6.07) is 8.33. The predicted molar refractivity (Wildman–Crippen MR) is 83.6 cm³/mol. The van der Waals surface area contributed by atoms with E-state index in [1.165, 1.54) is 25.0 Å². The van der Waals surface area contributed by atoms with Crippen LogP contribution in [0.4, 0.5) is 0 Å². The maximum atomic E-state index is 8.85. The molecule has 6 heteroatoms. The van der Waals surface area contributed by atoms with E-state index in [4.69, 9.17) is 10.00 Å². The zero-order valence-corrected chi connectivity index (χ0v) is 12.9. The molecule has 2 aromatic rings. The van der Waals surface area contributed by atoms with E-state index in [0.717, 1.165) is 19.6 Å². The number of ether oxygens (including phenoxy) is 1. The second-order valence-corrected chi connectivity index (χ2v) is 6.26. The molecule has 3 heterocycles. The molecule has 0 unspecified atom stereocenters. The molecule has 4 rings (SSSR count). The van der Waals surface area contributed by atoms with E-state index in [1.807, 2.05) is 10.9 Å². The summed E-state index contributed by atoms with van der Waals surface area (Å²) in [5.74, 6) is 0.568. The minimum Gasteiger partial charge on any atom is -0.471 e. The summed E-state index contributed by atoms with van der Waals surface area (Å²) in [5.41, 5.74) is 1.79. The standard InChI is InChI=1S/C17H19N5O/c18-8-13-4-5-17(19-9-13)23-16-11-21(14-2-1-3-14)10-15-6-7-20-22(15)12-16/h4-7,9,14,16H,1-3,10-12H2/t16-/m1/s1. The van der Waals surface area contributed by atoms with Crippen molar-refractivity contribution in [1.29, 1.82) is 5.26 Å². The van der Waals surface area contributed by atoms with Gasteiger partial charge in [-0.2, -0.15) is 10.4 Å². The Morgan fingerprint density at radius 3 is 2.83 bits per heavy atom. The number of pyridine rings is 1. The average Bonchev–Trinajstić information content (AvgIpc) is 2.86. The number of fused-ring (bicyclic) bond motifs is 1. The first-order chi connectivity index (χ1) is 11.3. The Morgan fingerprint density at radius 1 is 1.22 bits per heavy atom. The van der Waals surface area contributed by atoms with Crippen LogP contribution >= 0.6 is 0 Å². The second kappa shape index (κ2) is 6.01. The number of nitrogens with zero attached hydrogens (tertiary/aromatic N) is 5. The van der Waals surface area contributed by atoms with Crippen molar-refractivity contribution in [3.63, 3.8) is 0 Å². The van der Waals surface area contributed by atoms with E-state index in [2.05, 4.69) is 27.1 Å². The van der Waals surface area contributed by atoms with Crippen LogP contribution in [0.2, 0.25) is 0 Å². The molecule has 1 aliphatic carbocycles. The molecular formula is C17H19N5O. The van der Waals surface area contributed by atoms with E-state index in [9.17, 15) is 0 Å². The SMILES string of the molecule is N#Cc1ccc(O[C@@H]2CN(C3CCC3)Cc3ccnn3C2)nc1. The van der Waals surface area contributed by atoms with Crippen molar-refractivity contribution < 1.29 is 4.74 Å². The summed E-state index contributed by atoms with van der Waals surface area (Å²) in [6.45, 7) is 2.55. The van der Waals surface area contributed by atoms with Crippen molar-refractivity contribution in [3.05, 3.63) is 41.9 Å². The Morgan fingerprint density at radius 2 is 2.13 bits per heavy atom. The van der Waals surface area contributed by atoms with E-state index in [0.29, 0.717) is 17.5 Å². The maximum absolute atomic E-state index is 8.85. The quantitative estimate of drug-likeness (QED) is 0.867. The van der Waals surface area contributed by atoms with E-state index in [-0.39, 0.29) is 6.10 Å². The lowest BCUT2D eigenvalue weighted by Crippen LogP contribution is -2.44. The maximum Gasteiger partial charge on any atom is 0.213 e. The monoisotopic (exact) mass is 309 g/mol. The van der Waals surface area contributed by atoms with Crippen LogP contribution in [0.15, 0.2) is 30.6 Å². The van der Waals surface area contributed by atoms with E-state index < -0.39 is 0 Å². The molecule has 0 saturated heterocycles. The van der Waals surface area contributed by atoms with Gasteiger partial charge in [0.25, 0.3) is 0 Å². The molecule has 1 saturated carbocycles. The van der Waals surface area contributed by atoms with Gasteiger partial charge in [-0.05, 0) is 25.0 Å².